The van der Waals surface area contributed by atoms with Crippen LogP contribution in [-0.4, -0.2) is 25.5 Å². The van der Waals surface area contributed by atoms with E-state index in [9.17, 15) is 4.79 Å². The van der Waals surface area contributed by atoms with Gasteiger partial charge in [-0.2, -0.15) is 10.2 Å². The summed E-state index contributed by atoms with van der Waals surface area (Å²) >= 11 is 12.0. The number of amides is 1. The van der Waals surface area contributed by atoms with Gasteiger partial charge in [0.15, 0.2) is 5.76 Å². The molecule has 0 atom stereocenters. The van der Waals surface area contributed by atoms with Gasteiger partial charge in [-0.05, 0) is 38.1 Å². The number of hydrogen-bond acceptors (Lipinski definition) is 5. The van der Waals surface area contributed by atoms with Crippen molar-refractivity contribution >= 4 is 34.8 Å². The number of furan rings is 1. The zero-order chi connectivity index (χ0) is 22.0. The smallest absolute Gasteiger partial charge is 0.291 e. The van der Waals surface area contributed by atoms with Crippen molar-refractivity contribution in [1.29, 1.82) is 0 Å². The van der Waals surface area contributed by atoms with Crippen molar-refractivity contribution < 1.29 is 13.9 Å². The molecule has 8 nitrogen and oxygen atoms in total. The van der Waals surface area contributed by atoms with Crippen LogP contribution >= 0.6 is 23.2 Å². The largest absolute Gasteiger partial charge is 0.484 e. The van der Waals surface area contributed by atoms with E-state index in [1.54, 1.807) is 46.0 Å². The van der Waals surface area contributed by atoms with E-state index in [1.165, 1.54) is 0 Å². The lowest BCUT2D eigenvalue weighted by molar-refractivity contribution is 0.0992. The topological polar surface area (TPSA) is 87.1 Å². The van der Waals surface area contributed by atoms with Gasteiger partial charge in [0.2, 0.25) is 0 Å². The Morgan fingerprint density at radius 1 is 1.19 bits per heavy atom. The summed E-state index contributed by atoms with van der Waals surface area (Å²) in [4.78, 5) is 12.7. The Hall–Kier alpha value is -3.23. The molecule has 0 radical (unpaired) electrons. The minimum absolute atomic E-state index is 0.152. The number of halogens is 2. The highest BCUT2D eigenvalue weighted by atomic mass is 35.5. The number of ether oxygens (including phenoxy) is 1. The van der Waals surface area contributed by atoms with Crippen molar-refractivity contribution in [3.63, 3.8) is 0 Å². The third-order valence-electron chi connectivity index (χ3n) is 4.59. The zero-order valence-electron chi connectivity index (χ0n) is 16.8. The number of aryl methyl sites for hydroxylation is 1. The number of benzene rings is 1. The van der Waals surface area contributed by atoms with Crippen LogP contribution in [0.15, 0.2) is 53.2 Å². The molecule has 0 aliphatic carbocycles. The molecule has 0 unspecified atom stereocenters. The average Bonchev–Trinajstić information content (AvgIpc) is 3.44. The summed E-state index contributed by atoms with van der Waals surface area (Å²) in [7, 11) is 0. The second kappa shape index (κ2) is 8.87. The Kier molecular flexibility index (Phi) is 6.01. The Balaban J connectivity index is 1.42. The Labute approximate surface area is 188 Å². The van der Waals surface area contributed by atoms with Gasteiger partial charge in [0.1, 0.15) is 24.8 Å². The molecule has 0 fully saturated rings. The normalized spacial score (nSPS) is 11.0. The molecule has 160 valence electrons. The first-order chi connectivity index (χ1) is 14.9. The summed E-state index contributed by atoms with van der Waals surface area (Å²) in [5.74, 6) is 0.841. The van der Waals surface area contributed by atoms with Crippen LogP contribution in [0.5, 0.6) is 5.75 Å². The van der Waals surface area contributed by atoms with Crippen LogP contribution < -0.4 is 10.1 Å². The highest BCUT2D eigenvalue weighted by Gasteiger charge is 2.18. The fraction of sp³-hybridized carbons (Fsp3) is 0.190. The number of aromatic nitrogens is 4. The Morgan fingerprint density at radius 3 is 2.74 bits per heavy atom. The molecule has 0 aliphatic rings. The number of hydrogen-bond donors (Lipinski definition) is 1. The summed E-state index contributed by atoms with van der Waals surface area (Å²) in [5, 5.41) is 12.5. The van der Waals surface area contributed by atoms with Crippen LogP contribution in [0.2, 0.25) is 10.0 Å². The van der Waals surface area contributed by atoms with Gasteiger partial charge in [-0.15, -0.1) is 0 Å². The van der Waals surface area contributed by atoms with Gasteiger partial charge in [0.25, 0.3) is 5.91 Å². The minimum Gasteiger partial charge on any atom is -0.484 e. The van der Waals surface area contributed by atoms with Crippen molar-refractivity contribution in [2.75, 3.05) is 5.32 Å². The molecule has 10 heteroatoms. The fourth-order valence-corrected chi connectivity index (χ4v) is 3.38. The monoisotopic (exact) mass is 459 g/mol. The minimum atomic E-state index is -0.378. The van der Waals surface area contributed by atoms with E-state index in [0.717, 1.165) is 5.69 Å². The molecular formula is C21H19Cl2N5O3. The number of anilines is 1. The van der Waals surface area contributed by atoms with E-state index in [0.29, 0.717) is 39.6 Å². The Morgan fingerprint density at radius 2 is 2.00 bits per heavy atom. The number of para-hydroxylation sites is 1. The van der Waals surface area contributed by atoms with Crippen molar-refractivity contribution in [3.05, 3.63) is 81.7 Å². The molecule has 0 aliphatic heterocycles. The molecule has 1 amide bonds. The predicted molar refractivity (Wildman–Crippen MR) is 117 cm³/mol. The first-order valence-electron chi connectivity index (χ1n) is 9.40. The zero-order valence-corrected chi connectivity index (χ0v) is 18.3. The van der Waals surface area contributed by atoms with Crippen LogP contribution in [0.1, 0.15) is 27.7 Å². The number of carbonyl (C=O) groups excluding carboxylic acids is 1. The fourth-order valence-electron chi connectivity index (χ4n) is 3.03. The Bertz CT molecular complexity index is 1230. The number of rotatable bonds is 7. The van der Waals surface area contributed by atoms with Gasteiger partial charge in [0, 0.05) is 6.20 Å². The van der Waals surface area contributed by atoms with Gasteiger partial charge in [-0.25, -0.2) is 9.36 Å². The van der Waals surface area contributed by atoms with Crippen molar-refractivity contribution in [1.82, 2.24) is 19.6 Å². The molecule has 0 saturated heterocycles. The molecule has 3 aromatic heterocycles. The lowest BCUT2D eigenvalue weighted by Gasteiger charge is -2.07. The van der Waals surface area contributed by atoms with E-state index in [4.69, 9.17) is 32.4 Å². The average molecular weight is 460 g/mol. The van der Waals surface area contributed by atoms with Gasteiger partial charge in [-0.1, -0.05) is 35.3 Å². The first-order valence-corrected chi connectivity index (χ1v) is 10.2. The standard InChI is InChI=1S/C21H19Cl2N5O3/c1-13-20(14(2)28(26-13)12-27-10-15(22)9-24-27)25-21(29)19-8-7-16(31-19)11-30-18-6-4-3-5-17(18)23/h3-10H,11-12H2,1-2H3,(H,25,29). The third-order valence-corrected chi connectivity index (χ3v) is 5.10. The van der Waals surface area contributed by atoms with E-state index in [2.05, 4.69) is 15.5 Å². The van der Waals surface area contributed by atoms with Crippen molar-refractivity contribution in [3.8, 4) is 5.75 Å². The summed E-state index contributed by atoms with van der Waals surface area (Å²) in [6.07, 6.45) is 3.26. The van der Waals surface area contributed by atoms with E-state index in [-0.39, 0.29) is 18.3 Å². The number of nitrogens with one attached hydrogen (secondary N) is 1. The van der Waals surface area contributed by atoms with Crippen LogP contribution in [0, 0.1) is 13.8 Å². The number of nitrogens with zero attached hydrogens (tertiary/aromatic N) is 4. The second-order valence-electron chi connectivity index (χ2n) is 6.82. The number of carbonyl (C=O) groups is 1. The summed E-state index contributed by atoms with van der Waals surface area (Å²) in [6.45, 7) is 4.21. The van der Waals surface area contributed by atoms with Gasteiger partial charge in [-0.3, -0.25) is 4.79 Å². The molecule has 1 aromatic carbocycles. The first kappa shape index (κ1) is 21.0. The lowest BCUT2D eigenvalue weighted by Crippen LogP contribution is -2.14. The highest BCUT2D eigenvalue weighted by molar-refractivity contribution is 6.32. The van der Waals surface area contributed by atoms with Crippen LogP contribution in [0.4, 0.5) is 5.69 Å². The second-order valence-corrected chi connectivity index (χ2v) is 7.67. The molecular weight excluding hydrogens is 441 g/mol. The van der Waals surface area contributed by atoms with Crippen molar-refractivity contribution in [2.45, 2.75) is 27.1 Å². The van der Waals surface area contributed by atoms with Gasteiger partial charge >= 0.3 is 0 Å². The maximum Gasteiger partial charge on any atom is 0.291 e. The maximum atomic E-state index is 12.7. The summed E-state index contributed by atoms with van der Waals surface area (Å²) < 4.78 is 14.7. The molecule has 0 bridgehead atoms. The molecule has 0 spiro atoms. The third kappa shape index (κ3) is 4.76. The quantitative estimate of drug-likeness (QED) is 0.423. The highest BCUT2D eigenvalue weighted by Crippen LogP contribution is 2.25. The van der Waals surface area contributed by atoms with E-state index in [1.807, 2.05) is 26.0 Å². The molecule has 1 N–H and O–H groups in total. The predicted octanol–water partition coefficient (Wildman–Crippen LogP) is 4.93. The SMILES string of the molecule is Cc1nn(Cn2cc(Cl)cn2)c(C)c1NC(=O)c1ccc(COc2ccccc2Cl)o1. The summed E-state index contributed by atoms with van der Waals surface area (Å²) in [5.41, 5.74) is 2.08. The van der Waals surface area contributed by atoms with Crippen LogP contribution in [0.3, 0.4) is 0 Å². The van der Waals surface area contributed by atoms with Gasteiger partial charge in [0.05, 0.1) is 33.3 Å². The van der Waals surface area contributed by atoms with Crippen LogP contribution in [0.25, 0.3) is 0 Å². The van der Waals surface area contributed by atoms with Crippen molar-refractivity contribution in [2.24, 2.45) is 0 Å². The van der Waals surface area contributed by atoms with E-state index < -0.39 is 0 Å². The van der Waals surface area contributed by atoms with E-state index >= 15 is 0 Å². The van der Waals surface area contributed by atoms with Crippen LogP contribution in [-0.2, 0) is 13.3 Å². The lowest BCUT2D eigenvalue weighted by atomic mass is 10.3. The molecule has 4 rings (SSSR count). The summed E-state index contributed by atoms with van der Waals surface area (Å²) in [6, 6.07) is 10.4. The van der Waals surface area contributed by atoms with Gasteiger partial charge < -0.3 is 14.5 Å². The molecule has 4 aromatic rings. The molecule has 31 heavy (non-hydrogen) atoms. The maximum absolute atomic E-state index is 12.7. The molecule has 3 heterocycles. The molecule has 0 saturated carbocycles.